The lowest BCUT2D eigenvalue weighted by Gasteiger charge is -2.19. The zero-order chi connectivity index (χ0) is 23.0. The predicted molar refractivity (Wildman–Crippen MR) is 133 cm³/mol. The van der Waals surface area contributed by atoms with Crippen molar-refractivity contribution >= 4 is 35.6 Å². The average Bonchev–Trinajstić information content (AvgIpc) is 3.29. The maximum Gasteiger partial charge on any atom is 0.225 e. The summed E-state index contributed by atoms with van der Waals surface area (Å²) in [6.45, 7) is 1.09. The van der Waals surface area contributed by atoms with Gasteiger partial charge in [0, 0.05) is 16.6 Å². The molecule has 9 heteroatoms. The number of aliphatic imine (C=N–C) groups is 1. The summed E-state index contributed by atoms with van der Waals surface area (Å²) in [6.07, 6.45) is 0. The van der Waals surface area contributed by atoms with Crippen LogP contribution in [0, 0.1) is 11.6 Å². The van der Waals surface area contributed by atoms with E-state index in [-0.39, 0.29) is 17.6 Å². The number of guanidine groups is 1. The summed E-state index contributed by atoms with van der Waals surface area (Å²) in [6, 6.07) is 22.7. The molecular weight excluding hydrogens is 460 g/mol. The van der Waals surface area contributed by atoms with Crippen LogP contribution >= 0.6 is 23.9 Å². The van der Waals surface area contributed by atoms with Crippen LogP contribution in [0.25, 0.3) is 0 Å². The van der Waals surface area contributed by atoms with Crippen molar-refractivity contribution in [1.82, 2.24) is 9.73 Å². The number of hydrogen-bond donors (Lipinski definition) is 2. The molecule has 3 aromatic carbocycles. The van der Waals surface area contributed by atoms with Crippen LogP contribution in [0.2, 0.25) is 0 Å². The second-order valence-corrected chi connectivity index (χ2v) is 8.89. The third-order valence-electron chi connectivity index (χ3n) is 5.04. The second kappa shape index (κ2) is 11.3. The van der Waals surface area contributed by atoms with E-state index in [0.29, 0.717) is 24.8 Å². The van der Waals surface area contributed by atoms with Crippen molar-refractivity contribution in [3.8, 4) is 0 Å². The zero-order valence-corrected chi connectivity index (χ0v) is 19.3. The number of nitrogens with two attached hydrogens (primary N) is 1. The average molecular weight is 484 g/mol. The van der Waals surface area contributed by atoms with Crippen molar-refractivity contribution in [1.29, 1.82) is 0 Å². The van der Waals surface area contributed by atoms with Crippen LogP contribution in [0.15, 0.2) is 93.9 Å². The maximum atomic E-state index is 13.5. The fourth-order valence-electron chi connectivity index (χ4n) is 3.44. The van der Waals surface area contributed by atoms with Gasteiger partial charge in [0.15, 0.2) is 0 Å². The third-order valence-corrected chi connectivity index (χ3v) is 6.26. The Hall–Kier alpha value is -2.88. The third kappa shape index (κ3) is 6.13. The smallest absolute Gasteiger partial charge is 0.225 e. The molecule has 4 rings (SSSR count). The van der Waals surface area contributed by atoms with Gasteiger partial charge < -0.3 is 0 Å². The molecule has 0 aliphatic carbocycles. The van der Waals surface area contributed by atoms with Gasteiger partial charge in [-0.2, -0.15) is 5.10 Å². The van der Waals surface area contributed by atoms with E-state index < -0.39 is 0 Å². The number of hydrazone groups is 1. The normalized spacial score (nSPS) is 16.1. The van der Waals surface area contributed by atoms with Crippen LogP contribution in [0.3, 0.4) is 0 Å². The molecule has 0 aromatic heterocycles. The van der Waals surface area contributed by atoms with Gasteiger partial charge in [-0.3, -0.25) is 9.86 Å². The lowest BCUT2D eigenvalue weighted by Crippen LogP contribution is -2.34. The molecule has 0 saturated heterocycles. The summed E-state index contributed by atoms with van der Waals surface area (Å²) >= 11 is 2.56. The van der Waals surface area contributed by atoms with E-state index in [1.165, 1.54) is 48.2 Å². The summed E-state index contributed by atoms with van der Waals surface area (Å²) in [7, 11) is 0. The Labute approximate surface area is 200 Å². The minimum absolute atomic E-state index is 0.0108. The first-order valence-electron chi connectivity index (χ1n) is 10.4. The quantitative estimate of drug-likeness (QED) is 0.214. The summed E-state index contributed by atoms with van der Waals surface area (Å²) in [5.74, 6) is 0.660. The molecule has 1 aliphatic rings. The largest absolute Gasteiger partial charge is 0.295 e. The number of nitrogens with one attached hydrogen (secondary N) is 1. The molecule has 1 unspecified atom stereocenters. The fraction of sp³-hybridized carbons (Fsp3) is 0.167. The van der Waals surface area contributed by atoms with Crippen LogP contribution in [0.1, 0.15) is 17.0 Å². The first-order valence-corrected chi connectivity index (χ1v) is 12.2. The molecule has 0 radical (unpaired) electrons. The maximum absolute atomic E-state index is 13.5. The zero-order valence-electron chi connectivity index (χ0n) is 17.7. The Bertz CT molecular complexity index is 1110. The molecule has 33 heavy (non-hydrogen) atoms. The molecule has 0 amide bonds. The molecule has 0 bridgehead atoms. The van der Waals surface area contributed by atoms with Gasteiger partial charge in [-0.1, -0.05) is 54.4 Å². The van der Waals surface area contributed by atoms with Gasteiger partial charge >= 0.3 is 0 Å². The number of nitrogens with zero attached hydrogens (tertiary/aromatic N) is 3. The van der Waals surface area contributed by atoms with Crippen LogP contribution in [-0.2, 0) is 0 Å². The molecule has 170 valence electrons. The number of benzene rings is 3. The van der Waals surface area contributed by atoms with Crippen molar-refractivity contribution in [2.24, 2.45) is 15.2 Å². The fourth-order valence-corrected chi connectivity index (χ4v) is 4.29. The monoisotopic (exact) mass is 483 g/mol. The standard InChI is InChI=1S/C24H23F2N5S2/c25-19-8-6-18(7-9-19)23-22(17-4-2-1-3-5-17)16-31(29-23)24(28-14-15-32-27)30-33-21-12-10-20(26)11-13-21/h1-13,22H,14-16,27H2,(H,28,30). The molecule has 1 heterocycles. The van der Waals surface area contributed by atoms with Gasteiger partial charge in [0.2, 0.25) is 5.96 Å². The van der Waals surface area contributed by atoms with E-state index in [1.54, 1.807) is 24.3 Å². The van der Waals surface area contributed by atoms with Crippen LogP contribution in [0.5, 0.6) is 0 Å². The Morgan fingerprint density at radius 1 is 1.00 bits per heavy atom. The molecule has 5 nitrogen and oxygen atoms in total. The van der Waals surface area contributed by atoms with Crippen molar-refractivity contribution in [3.63, 3.8) is 0 Å². The van der Waals surface area contributed by atoms with E-state index in [2.05, 4.69) is 21.8 Å². The Morgan fingerprint density at radius 3 is 2.33 bits per heavy atom. The van der Waals surface area contributed by atoms with Gasteiger partial charge in [0.25, 0.3) is 0 Å². The molecule has 3 N–H and O–H groups in total. The van der Waals surface area contributed by atoms with Crippen molar-refractivity contribution in [3.05, 3.63) is 102 Å². The number of halogens is 2. The number of rotatable bonds is 7. The Kier molecular flexibility index (Phi) is 7.98. The molecule has 3 aromatic rings. The van der Waals surface area contributed by atoms with Crippen molar-refractivity contribution in [2.75, 3.05) is 18.8 Å². The van der Waals surface area contributed by atoms with Gasteiger partial charge in [-0.15, -0.1) is 0 Å². The highest BCUT2D eigenvalue weighted by Crippen LogP contribution is 2.29. The van der Waals surface area contributed by atoms with Crippen molar-refractivity contribution < 1.29 is 8.78 Å². The van der Waals surface area contributed by atoms with E-state index in [4.69, 9.17) is 10.2 Å². The molecule has 1 aliphatic heterocycles. The minimum Gasteiger partial charge on any atom is -0.295 e. The first kappa shape index (κ1) is 23.3. The summed E-state index contributed by atoms with van der Waals surface area (Å²) in [5, 5.41) is 12.3. The summed E-state index contributed by atoms with van der Waals surface area (Å²) in [4.78, 5) is 5.51. The summed E-state index contributed by atoms with van der Waals surface area (Å²) in [5.41, 5.74) is 2.82. The lowest BCUT2D eigenvalue weighted by molar-refractivity contribution is 0.464. The van der Waals surface area contributed by atoms with Gasteiger partial charge in [0.05, 0.1) is 18.8 Å². The molecule has 0 fully saturated rings. The van der Waals surface area contributed by atoms with E-state index in [9.17, 15) is 8.78 Å². The van der Waals surface area contributed by atoms with Gasteiger partial charge in [-0.05, 0) is 59.5 Å². The topological polar surface area (TPSA) is 66.0 Å². The van der Waals surface area contributed by atoms with E-state index in [0.717, 1.165) is 21.7 Å². The van der Waals surface area contributed by atoms with Gasteiger partial charge in [0.1, 0.15) is 11.6 Å². The van der Waals surface area contributed by atoms with E-state index >= 15 is 0 Å². The minimum atomic E-state index is -0.288. The highest BCUT2D eigenvalue weighted by molar-refractivity contribution is 7.98. The van der Waals surface area contributed by atoms with E-state index in [1.807, 2.05) is 23.2 Å². The first-order chi connectivity index (χ1) is 16.1. The SMILES string of the molecule is NSCCN=C(NSc1ccc(F)cc1)N1CC(c2ccccc2)C(c2ccc(F)cc2)=N1. The highest BCUT2D eigenvalue weighted by Gasteiger charge is 2.31. The Balaban J connectivity index is 1.62. The van der Waals surface area contributed by atoms with Crippen LogP contribution < -0.4 is 9.86 Å². The Morgan fingerprint density at radius 2 is 1.67 bits per heavy atom. The van der Waals surface area contributed by atoms with Crippen LogP contribution in [0.4, 0.5) is 8.78 Å². The summed E-state index contributed by atoms with van der Waals surface area (Å²) < 4.78 is 30.1. The molecule has 0 saturated carbocycles. The lowest BCUT2D eigenvalue weighted by atomic mass is 9.91. The van der Waals surface area contributed by atoms with Gasteiger partial charge in [-0.25, -0.2) is 18.8 Å². The highest BCUT2D eigenvalue weighted by atomic mass is 32.2. The molecular formula is C24H23F2N5S2. The molecule has 1 atom stereocenters. The van der Waals surface area contributed by atoms with Crippen molar-refractivity contribution in [2.45, 2.75) is 10.8 Å². The molecule has 0 spiro atoms. The van der Waals surface area contributed by atoms with Crippen LogP contribution in [-0.4, -0.2) is 35.5 Å². The number of hydrogen-bond acceptors (Lipinski definition) is 5. The second-order valence-electron chi connectivity index (χ2n) is 7.27. The predicted octanol–water partition coefficient (Wildman–Crippen LogP) is 5.03.